The molecule has 1 aromatic heterocycles. The molecule has 2 atom stereocenters. The Morgan fingerprint density at radius 3 is 2.97 bits per heavy atom. The average Bonchev–Trinajstić information content (AvgIpc) is 3.11. The molecule has 3 N–H and O–H groups in total. The van der Waals surface area contributed by atoms with Crippen molar-refractivity contribution in [3.63, 3.8) is 0 Å². The van der Waals surface area contributed by atoms with Crippen LogP contribution in [0.5, 0.6) is 5.75 Å². The second-order valence-corrected chi connectivity index (χ2v) is 6.73. The van der Waals surface area contributed by atoms with E-state index in [0.717, 1.165) is 6.07 Å². The highest BCUT2D eigenvalue weighted by molar-refractivity contribution is 5.89. The van der Waals surface area contributed by atoms with E-state index in [2.05, 4.69) is 15.6 Å². The lowest BCUT2D eigenvalue weighted by molar-refractivity contribution is -0.119. The Morgan fingerprint density at radius 1 is 1.43 bits per heavy atom. The van der Waals surface area contributed by atoms with Crippen LogP contribution in [-0.4, -0.2) is 60.5 Å². The number of carbonyl (C=O) groups excluding carboxylic acids is 2. The molecule has 1 aliphatic heterocycles. The quantitative estimate of drug-likeness (QED) is 0.566. The third-order valence-electron chi connectivity index (χ3n) is 4.29. The lowest BCUT2D eigenvalue weighted by atomic mass is 10.2. The van der Waals surface area contributed by atoms with Crippen molar-refractivity contribution < 1.29 is 28.6 Å². The van der Waals surface area contributed by atoms with Gasteiger partial charge in [0.1, 0.15) is 24.6 Å². The number of pyridine rings is 1. The molecule has 0 saturated carbocycles. The maximum absolute atomic E-state index is 14.4. The van der Waals surface area contributed by atoms with Crippen LogP contribution in [0.1, 0.15) is 6.92 Å². The number of aromatic nitrogens is 1. The summed E-state index contributed by atoms with van der Waals surface area (Å²) in [5.74, 6) is -0.329. The summed E-state index contributed by atoms with van der Waals surface area (Å²) in [4.78, 5) is 28.4. The second kappa shape index (κ2) is 9.88. The minimum Gasteiger partial charge on any atom is -0.488 e. The zero-order chi connectivity index (χ0) is 21.5. The fraction of sp³-hybridized carbons (Fsp3) is 0.350. The summed E-state index contributed by atoms with van der Waals surface area (Å²) in [6, 6.07) is 9.43. The molecule has 1 fully saturated rings. The summed E-state index contributed by atoms with van der Waals surface area (Å²) >= 11 is 0. The zero-order valence-electron chi connectivity index (χ0n) is 16.4. The number of hydrogen-bond donors (Lipinski definition) is 3. The van der Waals surface area contributed by atoms with Gasteiger partial charge in [0.05, 0.1) is 18.8 Å². The Morgan fingerprint density at radius 2 is 2.27 bits per heavy atom. The number of halogens is 1. The number of aliphatic hydroxyl groups is 1. The van der Waals surface area contributed by atoms with Crippen LogP contribution in [0, 0.1) is 5.82 Å². The first kappa shape index (κ1) is 21.3. The van der Waals surface area contributed by atoms with E-state index in [9.17, 15) is 19.1 Å². The number of aliphatic hydroxyl groups excluding tert-OH is 1. The highest BCUT2D eigenvalue weighted by atomic mass is 19.1. The van der Waals surface area contributed by atoms with Crippen LogP contribution in [0.2, 0.25) is 0 Å². The van der Waals surface area contributed by atoms with Gasteiger partial charge in [-0.15, -0.1) is 0 Å². The standard InChI is InChI=1S/C20H23FN4O5/c1-13(26)23-10-16-11-25(20(28)30-16)14-5-6-18(17(21)8-14)29-12-15(27)9-24-19-4-2-3-7-22-19/h2-8,15-16,27H,9-12H2,1H3,(H,22,24)(H,23,26)/t15-,16+/m1/s1. The lowest BCUT2D eigenvalue weighted by Gasteiger charge is -2.16. The fourth-order valence-corrected chi connectivity index (χ4v) is 2.81. The minimum atomic E-state index is -0.880. The third-order valence-corrected chi connectivity index (χ3v) is 4.29. The van der Waals surface area contributed by atoms with E-state index in [1.165, 1.54) is 24.0 Å². The molecular weight excluding hydrogens is 395 g/mol. The number of carbonyl (C=O) groups is 2. The number of rotatable bonds is 9. The van der Waals surface area contributed by atoms with E-state index in [4.69, 9.17) is 9.47 Å². The Labute approximate surface area is 172 Å². The largest absolute Gasteiger partial charge is 0.488 e. The molecule has 2 heterocycles. The molecule has 1 aromatic carbocycles. The molecule has 1 aliphatic rings. The van der Waals surface area contributed by atoms with Crippen LogP contribution in [-0.2, 0) is 9.53 Å². The normalized spacial score (nSPS) is 16.7. The molecule has 0 spiro atoms. The number of nitrogens with zero attached hydrogens (tertiary/aromatic N) is 2. The molecule has 10 heteroatoms. The van der Waals surface area contributed by atoms with Crippen molar-refractivity contribution >= 4 is 23.5 Å². The van der Waals surface area contributed by atoms with E-state index in [-0.39, 0.29) is 37.9 Å². The molecule has 0 unspecified atom stereocenters. The van der Waals surface area contributed by atoms with Gasteiger partial charge in [-0.3, -0.25) is 9.69 Å². The lowest BCUT2D eigenvalue weighted by Crippen LogP contribution is -2.33. The van der Waals surface area contributed by atoms with Crippen molar-refractivity contribution in [2.24, 2.45) is 0 Å². The van der Waals surface area contributed by atoms with E-state index in [1.807, 2.05) is 6.07 Å². The second-order valence-electron chi connectivity index (χ2n) is 6.73. The topological polar surface area (TPSA) is 113 Å². The summed E-state index contributed by atoms with van der Waals surface area (Å²) < 4.78 is 24.9. The molecule has 160 valence electrons. The van der Waals surface area contributed by atoms with Crippen molar-refractivity contribution in [2.75, 3.05) is 36.5 Å². The maximum Gasteiger partial charge on any atom is 0.414 e. The van der Waals surface area contributed by atoms with Gasteiger partial charge < -0.3 is 25.2 Å². The smallest absolute Gasteiger partial charge is 0.414 e. The Hall–Kier alpha value is -3.40. The SMILES string of the molecule is CC(=O)NC[C@H]1CN(c2ccc(OC[C@H](O)CNc3ccccn3)c(F)c2)C(=O)O1. The van der Waals surface area contributed by atoms with Crippen molar-refractivity contribution in [2.45, 2.75) is 19.1 Å². The minimum absolute atomic E-state index is 0.0435. The molecule has 0 bridgehead atoms. The van der Waals surface area contributed by atoms with Crippen LogP contribution < -0.4 is 20.3 Å². The Balaban J connectivity index is 1.51. The van der Waals surface area contributed by atoms with Crippen LogP contribution in [0.3, 0.4) is 0 Å². The molecule has 0 radical (unpaired) electrons. The van der Waals surface area contributed by atoms with Crippen molar-refractivity contribution in [1.82, 2.24) is 10.3 Å². The number of cyclic esters (lactones) is 1. The Kier molecular flexibility index (Phi) is 7.02. The molecule has 3 rings (SSSR count). The number of ether oxygens (including phenoxy) is 2. The molecule has 2 amide bonds. The average molecular weight is 418 g/mol. The number of benzene rings is 1. The molecule has 0 aliphatic carbocycles. The maximum atomic E-state index is 14.4. The number of hydrogen-bond acceptors (Lipinski definition) is 7. The monoisotopic (exact) mass is 418 g/mol. The number of anilines is 2. The molecule has 9 nitrogen and oxygen atoms in total. The van der Waals surface area contributed by atoms with Crippen molar-refractivity contribution in [1.29, 1.82) is 0 Å². The third kappa shape index (κ3) is 5.80. The van der Waals surface area contributed by atoms with Crippen LogP contribution in [0.4, 0.5) is 20.7 Å². The summed E-state index contributed by atoms with van der Waals surface area (Å²) in [7, 11) is 0. The van der Waals surface area contributed by atoms with Crippen molar-refractivity contribution in [3.8, 4) is 5.75 Å². The molecule has 30 heavy (non-hydrogen) atoms. The Bertz CT molecular complexity index is 883. The zero-order valence-corrected chi connectivity index (χ0v) is 16.4. The van der Waals surface area contributed by atoms with E-state index in [0.29, 0.717) is 11.5 Å². The highest BCUT2D eigenvalue weighted by Crippen LogP contribution is 2.27. The van der Waals surface area contributed by atoms with Crippen LogP contribution in [0.25, 0.3) is 0 Å². The first-order valence-electron chi connectivity index (χ1n) is 9.40. The first-order valence-corrected chi connectivity index (χ1v) is 9.40. The van der Waals surface area contributed by atoms with Crippen molar-refractivity contribution in [3.05, 3.63) is 48.4 Å². The highest BCUT2D eigenvalue weighted by Gasteiger charge is 2.32. The van der Waals surface area contributed by atoms with E-state index < -0.39 is 24.1 Å². The van der Waals surface area contributed by atoms with Gasteiger partial charge in [-0.05, 0) is 24.3 Å². The van der Waals surface area contributed by atoms with Gasteiger partial charge in [-0.25, -0.2) is 14.2 Å². The van der Waals surface area contributed by atoms with Gasteiger partial charge in [0.2, 0.25) is 5.91 Å². The predicted octanol–water partition coefficient (Wildman–Crippen LogP) is 1.53. The summed E-state index contributed by atoms with van der Waals surface area (Å²) in [6.07, 6.45) is -0.383. The summed E-state index contributed by atoms with van der Waals surface area (Å²) in [5.41, 5.74) is 0.313. The van der Waals surface area contributed by atoms with Crippen LogP contribution in [0.15, 0.2) is 42.6 Å². The summed E-state index contributed by atoms with van der Waals surface area (Å²) in [6.45, 7) is 1.81. The van der Waals surface area contributed by atoms with Gasteiger partial charge in [0, 0.05) is 25.7 Å². The molecular formula is C20H23FN4O5. The summed E-state index contributed by atoms with van der Waals surface area (Å²) in [5, 5.41) is 15.5. The number of nitrogens with one attached hydrogen (secondary N) is 2. The van der Waals surface area contributed by atoms with Crippen LogP contribution >= 0.6 is 0 Å². The van der Waals surface area contributed by atoms with E-state index >= 15 is 0 Å². The predicted molar refractivity (Wildman–Crippen MR) is 107 cm³/mol. The van der Waals surface area contributed by atoms with Gasteiger partial charge in [0.25, 0.3) is 0 Å². The van der Waals surface area contributed by atoms with Gasteiger partial charge >= 0.3 is 6.09 Å². The number of amides is 2. The van der Waals surface area contributed by atoms with Gasteiger partial charge in [0.15, 0.2) is 11.6 Å². The fourth-order valence-electron chi connectivity index (χ4n) is 2.81. The van der Waals surface area contributed by atoms with E-state index in [1.54, 1.807) is 18.3 Å². The molecule has 2 aromatic rings. The van der Waals surface area contributed by atoms with Gasteiger partial charge in [-0.2, -0.15) is 0 Å². The molecule has 1 saturated heterocycles. The van der Waals surface area contributed by atoms with Gasteiger partial charge in [-0.1, -0.05) is 6.07 Å². The first-order chi connectivity index (χ1) is 14.4.